The van der Waals surface area contributed by atoms with E-state index in [9.17, 15) is 22.8 Å². The van der Waals surface area contributed by atoms with Crippen molar-refractivity contribution >= 4 is 23.2 Å². The van der Waals surface area contributed by atoms with Gasteiger partial charge in [-0.05, 0) is 36.2 Å². The van der Waals surface area contributed by atoms with Crippen LogP contribution in [0.3, 0.4) is 0 Å². The van der Waals surface area contributed by atoms with Crippen LogP contribution in [0.2, 0.25) is 0 Å². The minimum absolute atomic E-state index is 0.0322. The Balaban J connectivity index is 1.73. The van der Waals surface area contributed by atoms with Crippen molar-refractivity contribution in [2.75, 3.05) is 16.8 Å². The molecule has 27 heavy (non-hydrogen) atoms. The van der Waals surface area contributed by atoms with Crippen molar-refractivity contribution in [1.82, 2.24) is 0 Å². The van der Waals surface area contributed by atoms with Gasteiger partial charge < -0.3 is 10.2 Å². The molecule has 1 atom stereocenters. The van der Waals surface area contributed by atoms with E-state index in [1.165, 1.54) is 23.1 Å². The van der Waals surface area contributed by atoms with Crippen molar-refractivity contribution < 1.29 is 22.8 Å². The first-order chi connectivity index (χ1) is 12.8. The van der Waals surface area contributed by atoms with Gasteiger partial charge in [-0.25, -0.2) is 0 Å². The molecule has 0 aliphatic carbocycles. The predicted molar refractivity (Wildman–Crippen MR) is 96.4 cm³/mol. The number of hydrogen-bond acceptors (Lipinski definition) is 2. The maximum absolute atomic E-state index is 13.1. The van der Waals surface area contributed by atoms with E-state index < -0.39 is 23.6 Å². The second-order valence-electron chi connectivity index (χ2n) is 6.46. The van der Waals surface area contributed by atoms with E-state index in [4.69, 9.17) is 0 Å². The summed E-state index contributed by atoms with van der Waals surface area (Å²) in [6, 6.07) is 12.3. The average molecular weight is 376 g/mol. The van der Waals surface area contributed by atoms with E-state index in [1.807, 2.05) is 31.2 Å². The van der Waals surface area contributed by atoms with Crippen molar-refractivity contribution in [3.8, 4) is 0 Å². The molecule has 3 rings (SSSR count). The fraction of sp³-hybridized carbons (Fsp3) is 0.300. The second-order valence-corrected chi connectivity index (χ2v) is 6.46. The van der Waals surface area contributed by atoms with Crippen molar-refractivity contribution in [2.45, 2.75) is 25.9 Å². The number of alkyl halides is 3. The van der Waals surface area contributed by atoms with Crippen LogP contribution in [-0.4, -0.2) is 18.4 Å². The predicted octanol–water partition coefficient (Wildman–Crippen LogP) is 4.26. The summed E-state index contributed by atoms with van der Waals surface area (Å²) < 4.78 is 39.2. The Kier molecular flexibility index (Phi) is 5.21. The van der Waals surface area contributed by atoms with Crippen molar-refractivity contribution in [2.24, 2.45) is 5.92 Å². The van der Waals surface area contributed by atoms with Gasteiger partial charge in [0.25, 0.3) is 0 Å². The fourth-order valence-corrected chi connectivity index (χ4v) is 3.12. The van der Waals surface area contributed by atoms with Crippen molar-refractivity contribution in [3.63, 3.8) is 0 Å². The highest BCUT2D eigenvalue weighted by atomic mass is 19.4. The van der Waals surface area contributed by atoms with E-state index >= 15 is 0 Å². The molecule has 1 heterocycles. The number of amides is 2. The molecule has 4 nitrogen and oxygen atoms in total. The van der Waals surface area contributed by atoms with Crippen LogP contribution in [-0.2, 0) is 22.2 Å². The van der Waals surface area contributed by atoms with Gasteiger partial charge in [0.2, 0.25) is 11.8 Å². The minimum Gasteiger partial charge on any atom is -0.325 e. The standard InChI is InChI=1S/C20H19F3N2O2/c1-2-13-7-9-15(10-8-13)25-12-14(11-18(25)26)19(27)24-17-6-4-3-5-16(17)20(21,22)23/h3-10,14H,2,11-12H2,1H3,(H,24,27)/t14-/m0/s1. The molecule has 1 aliphatic rings. The lowest BCUT2D eigenvalue weighted by Crippen LogP contribution is -2.28. The topological polar surface area (TPSA) is 49.4 Å². The Morgan fingerprint density at radius 2 is 1.81 bits per heavy atom. The van der Waals surface area contributed by atoms with E-state index in [0.717, 1.165) is 18.1 Å². The van der Waals surface area contributed by atoms with Gasteiger partial charge in [0.15, 0.2) is 0 Å². The average Bonchev–Trinajstić information content (AvgIpc) is 3.03. The summed E-state index contributed by atoms with van der Waals surface area (Å²) >= 11 is 0. The highest BCUT2D eigenvalue weighted by Crippen LogP contribution is 2.35. The van der Waals surface area contributed by atoms with Gasteiger partial charge >= 0.3 is 6.18 Å². The summed E-state index contributed by atoms with van der Waals surface area (Å²) in [7, 11) is 0. The van der Waals surface area contributed by atoms with E-state index in [2.05, 4.69) is 5.32 Å². The Bertz CT molecular complexity index is 847. The van der Waals surface area contributed by atoms with Crippen LogP contribution in [0.1, 0.15) is 24.5 Å². The summed E-state index contributed by atoms with van der Waals surface area (Å²) in [6.45, 7) is 2.17. The highest BCUT2D eigenvalue weighted by molar-refractivity contribution is 6.03. The first-order valence-electron chi connectivity index (χ1n) is 8.66. The number of anilines is 2. The summed E-state index contributed by atoms with van der Waals surface area (Å²) in [5, 5.41) is 2.33. The van der Waals surface area contributed by atoms with Crippen molar-refractivity contribution in [1.29, 1.82) is 0 Å². The van der Waals surface area contributed by atoms with E-state index in [0.29, 0.717) is 5.69 Å². The first-order valence-corrected chi connectivity index (χ1v) is 8.66. The number of nitrogens with one attached hydrogen (secondary N) is 1. The van der Waals surface area contributed by atoms with Gasteiger partial charge in [0.1, 0.15) is 0 Å². The SMILES string of the molecule is CCc1ccc(N2C[C@@H](C(=O)Nc3ccccc3C(F)(F)F)CC2=O)cc1. The quantitative estimate of drug-likeness (QED) is 0.867. The molecule has 0 radical (unpaired) electrons. The lowest BCUT2D eigenvalue weighted by molar-refractivity contribution is -0.137. The maximum Gasteiger partial charge on any atom is 0.418 e. The number of halogens is 3. The molecule has 0 spiro atoms. The molecule has 0 aromatic heterocycles. The minimum atomic E-state index is -4.57. The number of carbonyl (C=O) groups excluding carboxylic acids is 2. The van der Waals surface area contributed by atoms with Gasteiger partial charge in [-0.2, -0.15) is 13.2 Å². The van der Waals surface area contributed by atoms with Gasteiger partial charge in [0.05, 0.1) is 17.2 Å². The smallest absolute Gasteiger partial charge is 0.325 e. The van der Waals surface area contributed by atoms with Crippen LogP contribution >= 0.6 is 0 Å². The number of carbonyl (C=O) groups is 2. The van der Waals surface area contributed by atoms with Crippen molar-refractivity contribution in [3.05, 3.63) is 59.7 Å². The Morgan fingerprint density at radius 1 is 1.15 bits per heavy atom. The zero-order chi connectivity index (χ0) is 19.6. The van der Waals surface area contributed by atoms with Crippen LogP contribution in [0, 0.1) is 5.92 Å². The Morgan fingerprint density at radius 3 is 2.44 bits per heavy atom. The number of benzene rings is 2. The van der Waals surface area contributed by atoms with Crippen LogP contribution < -0.4 is 10.2 Å². The van der Waals surface area contributed by atoms with Crippen LogP contribution in [0.15, 0.2) is 48.5 Å². The van der Waals surface area contributed by atoms with Gasteiger partial charge in [-0.1, -0.05) is 31.2 Å². The highest BCUT2D eigenvalue weighted by Gasteiger charge is 2.37. The number of rotatable bonds is 4. The van der Waals surface area contributed by atoms with Crippen LogP contribution in [0.4, 0.5) is 24.5 Å². The molecule has 0 bridgehead atoms. The number of hydrogen-bond donors (Lipinski definition) is 1. The number of aryl methyl sites for hydroxylation is 1. The summed E-state index contributed by atoms with van der Waals surface area (Å²) in [6.07, 6.45) is -3.73. The first kappa shape index (κ1) is 18.9. The summed E-state index contributed by atoms with van der Waals surface area (Å²) in [4.78, 5) is 26.2. The maximum atomic E-state index is 13.1. The van der Waals surface area contributed by atoms with E-state index in [1.54, 1.807) is 0 Å². The monoisotopic (exact) mass is 376 g/mol. The molecule has 1 fully saturated rings. The van der Waals surface area contributed by atoms with Crippen LogP contribution in [0.5, 0.6) is 0 Å². The normalized spacial score (nSPS) is 17.3. The molecule has 2 amide bonds. The number of nitrogens with zero attached hydrogens (tertiary/aromatic N) is 1. The number of para-hydroxylation sites is 1. The largest absolute Gasteiger partial charge is 0.418 e. The second kappa shape index (κ2) is 7.42. The zero-order valence-corrected chi connectivity index (χ0v) is 14.7. The summed E-state index contributed by atoms with van der Waals surface area (Å²) in [5.74, 6) is -1.51. The molecule has 0 unspecified atom stereocenters. The molecule has 1 N–H and O–H groups in total. The fourth-order valence-electron chi connectivity index (χ4n) is 3.12. The molecule has 1 aliphatic heterocycles. The van der Waals surface area contributed by atoms with Gasteiger partial charge in [0, 0.05) is 18.7 Å². The lowest BCUT2D eigenvalue weighted by atomic mass is 10.1. The third kappa shape index (κ3) is 4.13. The lowest BCUT2D eigenvalue weighted by Gasteiger charge is -2.18. The molecule has 142 valence electrons. The molecule has 0 saturated carbocycles. The Labute approximate surface area is 155 Å². The molecule has 1 saturated heterocycles. The third-order valence-corrected chi connectivity index (χ3v) is 4.64. The molecule has 2 aromatic carbocycles. The molecule has 7 heteroatoms. The molecular formula is C20H19F3N2O2. The summed E-state index contributed by atoms with van der Waals surface area (Å²) in [5.41, 5.74) is 0.606. The Hall–Kier alpha value is -2.83. The van der Waals surface area contributed by atoms with E-state index in [-0.39, 0.29) is 24.6 Å². The van der Waals surface area contributed by atoms with Crippen LogP contribution in [0.25, 0.3) is 0 Å². The van der Waals surface area contributed by atoms with Gasteiger partial charge in [-0.3, -0.25) is 9.59 Å². The third-order valence-electron chi connectivity index (χ3n) is 4.64. The zero-order valence-electron chi connectivity index (χ0n) is 14.7. The van der Waals surface area contributed by atoms with Gasteiger partial charge in [-0.15, -0.1) is 0 Å². The molecule has 2 aromatic rings. The molecular weight excluding hydrogens is 357 g/mol.